The highest BCUT2D eigenvalue weighted by Crippen LogP contribution is 2.33. The van der Waals surface area contributed by atoms with Crippen LogP contribution in [0.4, 0.5) is 19.7 Å². The Bertz CT molecular complexity index is 914. The first-order valence-electron chi connectivity index (χ1n) is 9.88. The molecular weight excluding hydrogens is 415 g/mol. The molecule has 2 aliphatic rings. The van der Waals surface area contributed by atoms with Crippen LogP contribution in [-0.4, -0.2) is 56.9 Å². The number of hydrogen-bond acceptors (Lipinski definition) is 6. The monoisotopic (exact) mass is 442 g/mol. The number of carbonyl (C=O) groups is 2. The lowest BCUT2D eigenvalue weighted by Gasteiger charge is -2.23. The number of nitrogens with one attached hydrogen (secondary N) is 1. The van der Waals surface area contributed by atoms with Crippen molar-refractivity contribution >= 4 is 27.7 Å². The first-order chi connectivity index (χ1) is 13.9. The number of nitrogens with zero attached hydrogens (tertiary/aromatic N) is 1. The number of benzene rings is 1. The Balaban J connectivity index is 1.60. The minimum absolute atomic E-state index is 0.0592. The number of sulfone groups is 1. The molecule has 1 aromatic carbocycles. The van der Waals surface area contributed by atoms with Crippen LogP contribution in [0.5, 0.6) is 0 Å². The number of cyclic esters (lactones) is 1. The van der Waals surface area contributed by atoms with Gasteiger partial charge in [0.25, 0.3) is 0 Å². The van der Waals surface area contributed by atoms with Gasteiger partial charge in [-0.15, -0.1) is 0 Å². The normalized spacial score (nSPS) is 21.9. The van der Waals surface area contributed by atoms with Gasteiger partial charge in [-0.05, 0) is 57.2 Å². The van der Waals surface area contributed by atoms with Crippen molar-refractivity contribution in [2.45, 2.75) is 51.2 Å². The second kappa shape index (κ2) is 8.41. The van der Waals surface area contributed by atoms with Crippen molar-refractivity contribution in [3.8, 4) is 0 Å². The summed E-state index contributed by atoms with van der Waals surface area (Å²) in [6.07, 6.45) is -1.04. The van der Waals surface area contributed by atoms with Gasteiger partial charge in [0.15, 0.2) is 0 Å². The van der Waals surface area contributed by atoms with Crippen LogP contribution in [0.2, 0.25) is 0 Å². The highest BCUT2D eigenvalue weighted by atomic mass is 32.2. The van der Waals surface area contributed by atoms with Crippen molar-refractivity contribution in [3.05, 3.63) is 29.6 Å². The van der Waals surface area contributed by atoms with E-state index in [1.54, 1.807) is 32.9 Å². The van der Waals surface area contributed by atoms with Crippen LogP contribution in [0.25, 0.3) is 0 Å². The van der Waals surface area contributed by atoms with Crippen LogP contribution in [0, 0.1) is 5.82 Å². The van der Waals surface area contributed by atoms with Crippen molar-refractivity contribution in [2.75, 3.05) is 29.5 Å². The molecule has 0 spiro atoms. The summed E-state index contributed by atoms with van der Waals surface area (Å²) in [7, 11) is -3.02. The summed E-state index contributed by atoms with van der Waals surface area (Å²) >= 11 is 0. The maximum atomic E-state index is 14.7. The van der Waals surface area contributed by atoms with E-state index in [9.17, 15) is 22.4 Å². The Morgan fingerprint density at radius 1 is 1.30 bits per heavy atom. The van der Waals surface area contributed by atoms with Crippen molar-refractivity contribution in [1.82, 2.24) is 5.32 Å². The zero-order valence-corrected chi connectivity index (χ0v) is 18.1. The molecule has 1 atom stereocenters. The molecule has 2 aliphatic heterocycles. The average Bonchev–Trinajstić information content (AvgIpc) is 3.00. The molecular formula is C20H27FN2O6S. The third kappa shape index (κ3) is 5.62. The predicted molar refractivity (Wildman–Crippen MR) is 109 cm³/mol. The van der Waals surface area contributed by atoms with Crippen LogP contribution in [0.15, 0.2) is 18.2 Å². The molecule has 0 aromatic heterocycles. The third-order valence-electron chi connectivity index (χ3n) is 5.04. The Labute approximate surface area is 175 Å². The van der Waals surface area contributed by atoms with E-state index in [-0.39, 0.29) is 30.5 Å². The van der Waals surface area contributed by atoms with E-state index in [0.29, 0.717) is 24.1 Å². The molecule has 30 heavy (non-hydrogen) atoms. The minimum Gasteiger partial charge on any atom is -0.444 e. The quantitative estimate of drug-likeness (QED) is 0.769. The lowest BCUT2D eigenvalue weighted by Crippen LogP contribution is -2.38. The second-order valence-electron chi connectivity index (χ2n) is 8.63. The summed E-state index contributed by atoms with van der Waals surface area (Å²) in [6, 6.07) is 4.50. The van der Waals surface area contributed by atoms with Gasteiger partial charge in [0.2, 0.25) is 0 Å². The summed E-state index contributed by atoms with van der Waals surface area (Å²) in [4.78, 5) is 25.3. The molecule has 1 aromatic rings. The fraction of sp³-hybridized carbons (Fsp3) is 0.600. The Morgan fingerprint density at radius 2 is 1.97 bits per heavy atom. The number of halogens is 1. The van der Waals surface area contributed by atoms with E-state index in [1.165, 1.54) is 11.0 Å². The maximum Gasteiger partial charge on any atom is 0.414 e. The van der Waals surface area contributed by atoms with Crippen molar-refractivity contribution < 1.29 is 31.9 Å². The Kier molecular flexibility index (Phi) is 6.26. The van der Waals surface area contributed by atoms with E-state index in [0.717, 1.165) is 0 Å². The highest BCUT2D eigenvalue weighted by Gasteiger charge is 2.34. The number of anilines is 1. The summed E-state index contributed by atoms with van der Waals surface area (Å²) in [5, 5.41) is 2.56. The van der Waals surface area contributed by atoms with E-state index in [1.807, 2.05) is 0 Å². The highest BCUT2D eigenvalue weighted by molar-refractivity contribution is 7.91. The zero-order chi connectivity index (χ0) is 22.1. The SMILES string of the molecule is CC(C)(C)OC(=O)NCC1CN(c2ccc(C3CCS(=O)(=O)CC3)c(F)c2)C(=O)O1. The van der Waals surface area contributed by atoms with Crippen LogP contribution in [0.1, 0.15) is 45.1 Å². The molecule has 3 rings (SSSR count). The molecule has 2 amide bonds. The summed E-state index contributed by atoms with van der Waals surface area (Å²) in [5.41, 5.74) is 0.179. The lowest BCUT2D eigenvalue weighted by atomic mass is 9.93. The molecule has 0 radical (unpaired) electrons. The Morgan fingerprint density at radius 3 is 2.57 bits per heavy atom. The number of amides is 2. The fourth-order valence-corrected chi connectivity index (χ4v) is 5.06. The number of hydrogen-bond donors (Lipinski definition) is 1. The summed E-state index contributed by atoms with van der Waals surface area (Å²) in [6.45, 7) is 5.47. The maximum absolute atomic E-state index is 14.7. The molecule has 0 aliphatic carbocycles. The van der Waals surface area contributed by atoms with Crippen molar-refractivity contribution in [1.29, 1.82) is 0 Å². The van der Waals surface area contributed by atoms with Crippen LogP contribution in [-0.2, 0) is 19.3 Å². The van der Waals surface area contributed by atoms with E-state index >= 15 is 0 Å². The summed E-state index contributed by atoms with van der Waals surface area (Å²) < 4.78 is 48.3. The predicted octanol–water partition coefficient (Wildman–Crippen LogP) is 2.97. The molecule has 8 nitrogen and oxygen atoms in total. The topological polar surface area (TPSA) is 102 Å². The molecule has 10 heteroatoms. The van der Waals surface area contributed by atoms with Gasteiger partial charge in [-0.1, -0.05) is 6.07 Å². The molecule has 1 N–H and O–H groups in total. The molecule has 2 saturated heterocycles. The minimum atomic E-state index is -3.02. The first kappa shape index (κ1) is 22.3. The largest absolute Gasteiger partial charge is 0.444 e. The number of carbonyl (C=O) groups excluding carboxylic acids is 2. The molecule has 166 valence electrons. The van der Waals surface area contributed by atoms with Crippen molar-refractivity contribution in [3.63, 3.8) is 0 Å². The van der Waals surface area contributed by atoms with E-state index in [2.05, 4.69) is 5.32 Å². The van der Waals surface area contributed by atoms with Gasteiger partial charge in [-0.25, -0.2) is 22.4 Å². The Hall–Kier alpha value is -2.36. The van der Waals surface area contributed by atoms with Gasteiger partial charge in [0.05, 0.1) is 30.3 Å². The molecule has 0 bridgehead atoms. The van der Waals surface area contributed by atoms with E-state index in [4.69, 9.17) is 9.47 Å². The standard InChI is InChI=1S/C20H27FN2O6S/c1-20(2,3)29-18(24)22-11-15-12-23(19(25)28-15)14-4-5-16(17(21)10-14)13-6-8-30(26,27)9-7-13/h4-5,10,13,15H,6-9,11-12H2,1-3H3,(H,22,24). The zero-order valence-electron chi connectivity index (χ0n) is 17.3. The molecule has 2 fully saturated rings. The third-order valence-corrected chi connectivity index (χ3v) is 6.75. The summed E-state index contributed by atoms with van der Waals surface area (Å²) in [5.74, 6) is -0.508. The van der Waals surface area contributed by atoms with Gasteiger partial charge < -0.3 is 14.8 Å². The van der Waals surface area contributed by atoms with Gasteiger partial charge in [-0.3, -0.25) is 4.90 Å². The van der Waals surface area contributed by atoms with Crippen molar-refractivity contribution in [2.24, 2.45) is 0 Å². The average molecular weight is 443 g/mol. The van der Waals surface area contributed by atoms with Gasteiger partial charge >= 0.3 is 12.2 Å². The molecule has 1 unspecified atom stereocenters. The molecule has 2 heterocycles. The second-order valence-corrected chi connectivity index (χ2v) is 10.9. The van der Waals surface area contributed by atoms with E-state index < -0.39 is 39.5 Å². The number of alkyl carbamates (subject to hydrolysis) is 1. The van der Waals surface area contributed by atoms with Crippen LogP contribution in [0.3, 0.4) is 0 Å². The first-order valence-corrected chi connectivity index (χ1v) is 11.7. The number of ether oxygens (including phenoxy) is 2. The van der Waals surface area contributed by atoms with Crippen LogP contribution >= 0.6 is 0 Å². The van der Waals surface area contributed by atoms with Gasteiger partial charge in [0, 0.05) is 0 Å². The smallest absolute Gasteiger partial charge is 0.414 e. The lowest BCUT2D eigenvalue weighted by molar-refractivity contribution is 0.0496. The number of rotatable bonds is 4. The van der Waals surface area contributed by atoms with Gasteiger partial charge in [0.1, 0.15) is 27.4 Å². The van der Waals surface area contributed by atoms with Crippen LogP contribution < -0.4 is 10.2 Å². The van der Waals surface area contributed by atoms with Gasteiger partial charge in [-0.2, -0.15) is 0 Å². The molecule has 0 saturated carbocycles. The fourth-order valence-electron chi connectivity index (χ4n) is 3.57.